The third kappa shape index (κ3) is 4.23. The lowest BCUT2D eigenvalue weighted by atomic mass is 9.80. The molecule has 3 N–H and O–H groups in total. The molecule has 1 saturated carbocycles. The van der Waals surface area contributed by atoms with Gasteiger partial charge < -0.3 is 15.8 Å². The minimum Gasteiger partial charge on any atom is -0.494 e. The Hall–Kier alpha value is -1.55. The van der Waals surface area contributed by atoms with E-state index in [1.165, 1.54) is 6.42 Å². The number of anilines is 1. The summed E-state index contributed by atoms with van der Waals surface area (Å²) in [6.45, 7) is 2.55. The first-order valence-electron chi connectivity index (χ1n) is 7.43. The summed E-state index contributed by atoms with van der Waals surface area (Å²) in [6, 6.07) is 7.46. The lowest BCUT2D eigenvalue weighted by molar-refractivity contribution is -0.117. The van der Waals surface area contributed by atoms with Crippen LogP contribution < -0.4 is 15.8 Å². The molecule has 4 heteroatoms. The van der Waals surface area contributed by atoms with Crippen LogP contribution in [0, 0.1) is 0 Å². The third-order valence-electron chi connectivity index (χ3n) is 3.79. The summed E-state index contributed by atoms with van der Waals surface area (Å²) in [5, 5.41) is 2.91. The van der Waals surface area contributed by atoms with Crippen LogP contribution in [-0.4, -0.2) is 18.1 Å². The van der Waals surface area contributed by atoms with Crippen molar-refractivity contribution in [2.24, 2.45) is 5.73 Å². The Balaban J connectivity index is 1.92. The number of rotatable bonds is 5. The molecule has 0 aromatic heterocycles. The molecule has 0 spiro atoms. The summed E-state index contributed by atoms with van der Waals surface area (Å²) in [5.41, 5.74) is 6.75. The first-order chi connectivity index (χ1) is 9.61. The van der Waals surface area contributed by atoms with Crippen LogP contribution in [0.3, 0.4) is 0 Å². The Kier molecular flexibility index (Phi) is 5.01. The molecule has 1 amide bonds. The molecular weight excluding hydrogens is 252 g/mol. The van der Waals surface area contributed by atoms with E-state index in [1.54, 1.807) is 0 Å². The van der Waals surface area contributed by atoms with Gasteiger partial charge in [0.05, 0.1) is 6.61 Å². The van der Waals surface area contributed by atoms with Gasteiger partial charge in [-0.1, -0.05) is 25.3 Å². The second-order valence-corrected chi connectivity index (χ2v) is 5.61. The van der Waals surface area contributed by atoms with E-state index in [9.17, 15) is 4.79 Å². The number of benzene rings is 1. The van der Waals surface area contributed by atoms with Crippen molar-refractivity contribution in [1.82, 2.24) is 0 Å². The largest absolute Gasteiger partial charge is 0.494 e. The molecule has 0 aliphatic heterocycles. The van der Waals surface area contributed by atoms with Gasteiger partial charge in [0.1, 0.15) is 5.75 Å². The summed E-state index contributed by atoms with van der Waals surface area (Å²) < 4.78 is 5.42. The second-order valence-electron chi connectivity index (χ2n) is 5.61. The molecule has 1 aliphatic rings. The summed E-state index contributed by atoms with van der Waals surface area (Å²) in [4.78, 5) is 12.1. The van der Waals surface area contributed by atoms with Gasteiger partial charge in [0.2, 0.25) is 5.91 Å². The Bertz CT molecular complexity index is 454. The fourth-order valence-corrected chi connectivity index (χ4v) is 2.79. The number of carbonyl (C=O) groups excluding carboxylic acids is 1. The van der Waals surface area contributed by atoms with E-state index >= 15 is 0 Å². The Morgan fingerprint density at radius 1 is 1.35 bits per heavy atom. The average molecular weight is 276 g/mol. The minimum atomic E-state index is -0.320. The number of nitrogens with one attached hydrogen (secondary N) is 1. The number of amides is 1. The van der Waals surface area contributed by atoms with Crippen LogP contribution in [0.1, 0.15) is 45.4 Å². The lowest BCUT2D eigenvalue weighted by Crippen LogP contribution is -2.44. The number of carbonyl (C=O) groups is 1. The molecule has 0 radical (unpaired) electrons. The summed E-state index contributed by atoms with van der Waals surface area (Å²) in [5.74, 6) is 0.758. The molecule has 1 aromatic rings. The van der Waals surface area contributed by atoms with E-state index in [-0.39, 0.29) is 11.4 Å². The van der Waals surface area contributed by atoms with Gasteiger partial charge in [0, 0.05) is 23.7 Å². The first kappa shape index (κ1) is 14.9. The monoisotopic (exact) mass is 276 g/mol. The number of ether oxygens (including phenoxy) is 1. The van der Waals surface area contributed by atoms with Crippen LogP contribution >= 0.6 is 0 Å². The first-order valence-corrected chi connectivity index (χ1v) is 7.43. The van der Waals surface area contributed by atoms with Crippen LogP contribution in [0.5, 0.6) is 5.75 Å². The van der Waals surface area contributed by atoms with Crippen LogP contribution in [0.2, 0.25) is 0 Å². The number of nitrogens with two attached hydrogens (primary N) is 1. The zero-order valence-electron chi connectivity index (χ0n) is 12.2. The molecular formula is C16H24N2O2. The van der Waals surface area contributed by atoms with E-state index in [2.05, 4.69) is 5.32 Å². The molecule has 2 rings (SSSR count). The molecule has 4 nitrogen and oxygen atoms in total. The molecule has 0 saturated heterocycles. The predicted octanol–water partition coefficient (Wildman–Crippen LogP) is 3.08. The smallest absolute Gasteiger partial charge is 0.226 e. The Morgan fingerprint density at radius 3 is 2.80 bits per heavy atom. The fraction of sp³-hybridized carbons (Fsp3) is 0.562. The maximum atomic E-state index is 12.1. The second kappa shape index (κ2) is 6.75. The topological polar surface area (TPSA) is 64.3 Å². The van der Waals surface area contributed by atoms with Gasteiger partial charge in [0.25, 0.3) is 0 Å². The maximum absolute atomic E-state index is 12.1. The highest BCUT2D eigenvalue weighted by Gasteiger charge is 2.29. The van der Waals surface area contributed by atoms with Crippen LogP contribution in [0.25, 0.3) is 0 Å². The quantitative estimate of drug-likeness (QED) is 0.868. The van der Waals surface area contributed by atoms with Crippen molar-refractivity contribution in [3.8, 4) is 5.75 Å². The summed E-state index contributed by atoms with van der Waals surface area (Å²) in [7, 11) is 0. The van der Waals surface area contributed by atoms with Gasteiger partial charge in [-0.3, -0.25) is 4.79 Å². The van der Waals surface area contributed by atoms with Crippen molar-refractivity contribution in [1.29, 1.82) is 0 Å². The normalized spacial score (nSPS) is 17.5. The van der Waals surface area contributed by atoms with E-state index < -0.39 is 0 Å². The molecule has 1 aromatic carbocycles. The highest BCUT2D eigenvalue weighted by atomic mass is 16.5. The molecule has 1 aliphatic carbocycles. The van der Waals surface area contributed by atoms with Gasteiger partial charge in [-0.2, -0.15) is 0 Å². The van der Waals surface area contributed by atoms with E-state index in [1.807, 2.05) is 31.2 Å². The standard InChI is InChI=1S/C16H24N2O2/c1-2-20-14-8-6-7-13(11-14)18-15(19)12-16(17)9-4-3-5-10-16/h6-8,11H,2-5,9-10,12,17H2,1H3,(H,18,19). The number of hydrogen-bond acceptors (Lipinski definition) is 3. The van der Waals surface area contributed by atoms with Crippen LogP contribution in [0.15, 0.2) is 24.3 Å². The van der Waals surface area contributed by atoms with Gasteiger partial charge in [0.15, 0.2) is 0 Å². The summed E-state index contributed by atoms with van der Waals surface area (Å²) >= 11 is 0. The molecule has 0 heterocycles. The molecule has 0 unspecified atom stereocenters. The third-order valence-corrected chi connectivity index (χ3v) is 3.79. The maximum Gasteiger partial charge on any atom is 0.226 e. The molecule has 110 valence electrons. The Labute approximate surface area is 120 Å². The van der Waals surface area contributed by atoms with Crippen molar-refractivity contribution >= 4 is 11.6 Å². The summed E-state index contributed by atoms with van der Waals surface area (Å²) in [6.07, 6.45) is 5.77. The van der Waals surface area contributed by atoms with Gasteiger partial charge in [-0.05, 0) is 31.9 Å². The van der Waals surface area contributed by atoms with Crippen molar-refractivity contribution < 1.29 is 9.53 Å². The van der Waals surface area contributed by atoms with E-state index in [0.717, 1.165) is 37.1 Å². The Morgan fingerprint density at radius 2 is 2.10 bits per heavy atom. The van der Waals surface area contributed by atoms with Crippen LogP contribution in [-0.2, 0) is 4.79 Å². The van der Waals surface area contributed by atoms with Crippen LogP contribution in [0.4, 0.5) is 5.69 Å². The van der Waals surface area contributed by atoms with Crippen molar-refractivity contribution in [2.75, 3.05) is 11.9 Å². The molecule has 0 atom stereocenters. The van der Waals surface area contributed by atoms with Gasteiger partial charge in [-0.25, -0.2) is 0 Å². The van der Waals surface area contributed by atoms with Crippen molar-refractivity contribution in [3.63, 3.8) is 0 Å². The highest BCUT2D eigenvalue weighted by Crippen LogP contribution is 2.29. The fourth-order valence-electron chi connectivity index (χ4n) is 2.79. The van der Waals surface area contributed by atoms with Gasteiger partial charge >= 0.3 is 0 Å². The zero-order valence-corrected chi connectivity index (χ0v) is 12.2. The number of hydrogen-bond donors (Lipinski definition) is 2. The molecule has 20 heavy (non-hydrogen) atoms. The van der Waals surface area contributed by atoms with Crippen molar-refractivity contribution in [3.05, 3.63) is 24.3 Å². The molecule has 0 bridgehead atoms. The van der Waals surface area contributed by atoms with E-state index in [4.69, 9.17) is 10.5 Å². The van der Waals surface area contributed by atoms with Crippen molar-refractivity contribution in [2.45, 2.75) is 51.0 Å². The zero-order chi connectivity index (χ0) is 14.4. The highest BCUT2D eigenvalue weighted by molar-refractivity contribution is 5.91. The lowest BCUT2D eigenvalue weighted by Gasteiger charge is -2.32. The average Bonchev–Trinajstić information content (AvgIpc) is 2.39. The van der Waals surface area contributed by atoms with Gasteiger partial charge in [-0.15, -0.1) is 0 Å². The molecule has 1 fully saturated rings. The van der Waals surface area contributed by atoms with E-state index in [0.29, 0.717) is 13.0 Å². The predicted molar refractivity (Wildman–Crippen MR) is 80.9 cm³/mol. The SMILES string of the molecule is CCOc1cccc(NC(=O)CC2(N)CCCCC2)c1. The minimum absolute atomic E-state index is 0.0111.